The van der Waals surface area contributed by atoms with Gasteiger partial charge in [-0.25, -0.2) is 0 Å². The van der Waals surface area contributed by atoms with Gasteiger partial charge in [0, 0.05) is 11.3 Å². The normalized spacial score (nSPS) is 11.7. The number of nitrogens with zero attached hydrogens (tertiary/aromatic N) is 3. The van der Waals surface area contributed by atoms with E-state index in [1.54, 1.807) is 12.1 Å². The molecule has 0 saturated heterocycles. The predicted octanol–water partition coefficient (Wildman–Crippen LogP) is 2.71. The number of nitriles is 1. The lowest BCUT2D eigenvalue weighted by atomic mass is 9.99. The molecule has 1 aromatic carbocycles. The number of aryl methyl sites for hydroxylation is 1. The Hall–Kier alpha value is -2.81. The smallest absolute Gasteiger partial charge is 0.312 e. The van der Waals surface area contributed by atoms with E-state index < -0.39 is 0 Å². The number of aromatic nitrogens is 2. The molecule has 0 bridgehead atoms. The maximum atomic E-state index is 11.8. The van der Waals surface area contributed by atoms with Gasteiger partial charge in [-0.15, -0.1) is 0 Å². The predicted molar refractivity (Wildman–Crippen MR) is 88.9 cm³/mol. The van der Waals surface area contributed by atoms with E-state index in [1.807, 2.05) is 31.5 Å². The Morgan fingerprint density at radius 3 is 2.67 bits per heavy atom. The van der Waals surface area contributed by atoms with Gasteiger partial charge in [0.25, 0.3) is 0 Å². The zero-order chi connectivity index (χ0) is 17.9. The van der Waals surface area contributed by atoms with Gasteiger partial charge in [-0.2, -0.15) is 10.4 Å². The molecule has 0 N–H and O–H groups in total. The van der Waals surface area contributed by atoms with Crippen molar-refractivity contribution in [2.24, 2.45) is 0 Å². The summed E-state index contributed by atoms with van der Waals surface area (Å²) in [4.78, 5) is 11.8. The maximum absolute atomic E-state index is 11.8. The van der Waals surface area contributed by atoms with E-state index in [0.29, 0.717) is 17.9 Å². The first-order chi connectivity index (χ1) is 11.4. The van der Waals surface area contributed by atoms with Crippen LogP contribution in [0.25, 0.3) is 0 Å². The molecule has 6 nitrogen and oxygen atoms in total. The van der Waals surface area contributed by atoms with E-state index in [1.165, 1.54) is 14.2 Å². The second-order valence-electron chi connectivity index (χ2n) is 5.63. The number of hydrogen-bond donors (Lipinski definition) is 0. The lowest BCUT2D eigenvalue weighted by molar-refractivity contribution is -0.142. The summed E-state index contributed by atoms with van der Waals surface area (Å²) in [6.45, 7) is 6.14. The van der Waals surface area contributed by atoms with Gasteiger partial charge in [-0.3, -0.25) is 9.48 Å². The largest absolute Gasteiger partial charge is 0.495 e. The molecule has 0 aliphatic heterocycles. The van der Waals surface area contributed by atoms with Crippen LogP contribution in [0.15, 0.2) is 18.2 Å². The monoisotopic (exact) mass is 327 g/mol. The average molecular weight is 327 g/mol. The molecule has 0 aliphatic carbocycles. The molecule has 0 saturated carbocycles. The minimum absolute atomic E-state index is 0.281. The summed E-state index contributed by atoms with van der Waals surface area (Å²) in [5, 5.41) is 13.7. The number of hydrogen-bond acceptors (Lipinski definition) is 5. The highest BCUT2D eigenvalue weighted by Gasteiger charge is 2.24. The third kappa shape index (κ3) is 3.25. The minimum Gasteiger partial charge on any atom is -0.495 e. The van der Waals surface area contributed by atoms with Gasteiger partial charge in [0.15, 0.2) is 0 Å². The number of ether oxygens (including phenoxy) is 2. The van der Waals surface area contributed by atoms with E-state index in [4.69, 9.17) is 9.47 Å². The molecule has 6 heteroatoms. The first kappa shape index (κ1) is 17.5. The molecule has 1 aromatic heterocycles. The topological polar surface area (TPSA) is 77.1 Å². The van der Waals surface area contributed by atoms with Crippen molar-refractivity contribution < 1.29 is 14.3 Å². The number of methoxy groups -OCH3 is 2. The molecule has 126 valence electrons. The van der Waals surface area contributed by atoms with Crippen molar-refractivity contribution in [1.29, 1.82) is 5.26 Å². The van der Waals surface area contributed by atoms with Crippen molar-refractivity contribution in [2.45, 2.75) is 33.2 Å². The molecule has 1 heterocycles. The second kappa shape index (κ2) is 7.18. The molecule has 0 aliphatic rings. The van der Waals surface area contributed by atoms with Crippen molar-refractivity contribution in [3.05, 3.63) is 46.3 Å². The van der Waals surface area contributed by atoms with E-state index in [0.717, 1.165) is 22.5 Å². The number of benzene rings is 1. The fourth-order valence-electron chi connectivity index (χ4n) is 2.90. The lowest BCUT2D eigenvalue weighted by Gasteiger charge is -2.11. The second-order valence-corrected chi connectivity index (χ2v) is 5.63. The van der Waals surface area contributed by atoms with Gasteiger partial charge >= 0.3 is 5.97 Å². The van der Waals surface area contributed by atoms with Crippen molar-refractivity contribution in [2.75, 3.05) is 14.2 Å². The van der Waals surface area contributed by atoms with E-state index in [2.05, 4.69) is 11.2 Å². The van der Waals surface area contributed by atoms with E-state index >= 15 is 0 Å². The zero-order valence-corrected chi connectivity index (χ0v) is 14.6. The summed E-state index contributed by atoms with van der Waals surface area (Å²) in [6.07, 6.45) is 0. The highest BCUT2D eigenvalue weighted by molar-refractivity contribution is 5.78. The highest BCUT2D eigenvalue weighted by Crippen LogP contribution is 2.25. The van der Waals surface area contributed by atoms with Crippen LogP contribution in [-0.2, 0) is 16.1 Å². The van der Waals surface area contributed by atoms with Crippen LogP contribution in [0.2, 0.25) is 0 Å². The fraction of sp³-hybridized carbons (Fsp3) is 0.389. The van der Waals surface area contributed by atoms with Crippen LogP contribution >= 0.6 is 0 Å². The minimum atomic E-state index is -0.366. The van der Waals surface area contributed by atoms with Crippen LogP contribution in [0.1, 0.15) is 40.9 Å². The SMILES string of the molecule is COC(=O)[C@H](C)c1c(C)nn(Cc2ccc(OC)c(C#N)c2)c1C. The Morgan fingerprint density at radius 1 is 1.38 bits per heavy atom. The molecule has 2 aromatic rings. The highest BCUT2D eigenvalue weighted by atomic mass is 16.5. The Balaban J connectivity index is 2.35. The standard InChI is InChI=1S/C18H21N3O3/c1-11(18(22)24-5)17-12(2)20-21(13(17)3)10-14-6-7-16(23-4)15(8-14)9-19/h6-8,11H,10H2,1-5H3/t11-/m1/s1. The molecule has 0 amide bonds. The zero-order valence-electron chi connectivity index (χ0n) is 14.6. The summed E-state index contributed by atoms with van der Waals surface area (Å²) >= 11 is 0. The quantitative estimate of drug-likeness (QED) is 0.789. The maximum Gasteiger partial charge on any atom is 0.312 e. The lowest BCUT2D eigenvalue weighted by Crippen LogP contribution is -2.13. The van der Waals surface area contributed by atoms with Crippen molar-refractivity contribution >= 4 is 5.97 Å². The summed E-state index contributed by atoms with van der Waals surface area (Å²) < 4.78 is 11.8. The van der Waals surface area contributed by atoms with Gasteiger partial charge in [0.1, 0.15) is 11.8 Å². The summed E-state index contributed by atoms with van der Waals surface area (Å²) in [5.74, 6) is -0.0964. The fourth-order valence-corrected chi connectivity index (χ4v) is 2.90. The molecule has 0 unspecified atom stereocenters. The Morgan fingerprint density at radius 2 is 2.08 bits per heavy atom. The van der Waals surface area contributed by atoms with Crippen LogP contribution in [0.3, 0.4) is 0 Å². The van der Waals surface area contributed by atoms with Gasteiger partial charge < -0.3 is 9.47 Å². The first-order valence-corrected chi connectivity index (χ1v) is 7.61. The third-order valence-corrected chi connectivity index (χ3v) is 4.14. The number of esters is 1. The Kier molecular flexibility index (Phi) is 5.24. The third-order valence-electron chi connectivity index (χ3n) is 4.14. The van der Waals surface area contributed by atoms with Crippen molar-refractivity contribution in [1.82, 2.24) is 9.78 Å². The molecule has 2 rings (SSSR count). The molecule has 0 fully saturated rings. The average Bonchev–Trinajstić information content (AvgIpc) is 2.86. The molecular weight excluding hydrogens is 306 g/mol. The number of rotatable bonds is 5. The first-order valence-electron chi connectivity index (χ1n) is 7.61. The molecular formula is C18H21N3O3. The van der Waals surface area contributed by atoms with Gasteiger partial charge in [0.2, 0.25) is 0 Å². The number of carbonyl (C=O) groups is 1. The van der Waals surface area contributed by atoms with Crippen molar-refractivity contribution in [3.8, 4) is 11.8 Å². The van der Waals surface area contributed by atoms with Crippen LogP contribution < -0.4 is 4.74 Å². The van der Waals surface area contributed by atoms with E-state index in [-0.39, 0.29) is 11.9 Å². The Labute approximate surface area is 141 Å². The molecule has 0 radical (unpaired) electrons. The van der Waals surface area contributed by atoms with Crippen LogP contribution in [0.4, 0.5) is 0 Å². The molecule has 1 atom stereocenters. The van der Waals surface area contributed by atoms with Crippen LogP contribution in [0.5, 0.6) is 5.75 Å². The summed E-state index contributed by atoms with van der Waals surface area (Å²) in [7, 11) is 2.92. The van der Waals surface area contributed by atoms with Gasteiger partial charge in [0.05, 0.1) is 37.9 Å². The summed E-state index contributed by atoms with van der Waals surface area (Å²) in [5.41, 5.74) is 4.03. The molecule has 24 heavy (non-hydrogen) atoms. The van der Waals surface area contributed by atoms with E-state index in [9.17, 15) is 10.1 Å². The van der Waals surface area contributed by atoms with Crippen LogP contribution in [-0.4, -0.2) is 30.0 Å². The summed E-state index contributed by atoms with van der Waals surface area (Å²) in [6, 6.07) is 7.60. The molecule has 0 spiro atoms. The van der Waals surface area contributed by atoms with Gasteiger partial charge in [-0.05, 0) is 38.5 Å². The van der Waals surface area contributed by atoms with Crippen molar-refractivity contribution in [3.63, 3.8) is 0 Å². The van der Waals surface area contributed by atoms with Crippen LogP contribution in [0, 0.1) is 25.2 Å². The van der Waals surface area contributed by atoms with Gasteiger partial charge in [-0.1, -0.05) is 6.07 Å². The Bertz CT molecular complexity index is 803. The number of carbonyl (C=O) groups excluding carboxylic acids is 1.